The van der Waals surface area contributed by atoms with Gasteiger partial charge in [-0.2, -0.15) is 10.2 Å². The van der Waals surface area contributed by atoms with Gasteiger partial charge in [0.2, 0.25) is 0 Å². The molecule has 0 aliphatic carbocycles. The van der Waals surface area contributed by atoms with Crippen LogP contribution in [0.25, 0.3) is 17.2 Å². The minimum atomic E-state index is 0.846. The van der Waals surface area contributed by atoms with E-state index in [9.17, 15) is 0 Å². The van der Waals surface area contributed by atoms with Gasteiger partial charge in [-0.3, -0.25) is 0 Å². The third-order valence-corrected chi connectivity index (χ3v) is 5.14. The zero-order chi connectivity index (χ0) is 21.3. The summed E-state index contributed by atoms with van der Waals surface area (Å²) in [5.74, 6) is 0. The van der Waals surface area contributed by atoms with Crippen molar-refractivity contribution in [3.8, 4) is 11.1 Å². The van der Waals surface area contributed by atoms with Gasteiger partial charge in [-0.15, -0.1) is 0 Å². The van der Waals surface area contributed by atoms with E-state index in [1.807, 2.05) is 6.07 Å². The highest BCUT2D eigenvalue weighted by Gasteiger charge is 2.02. The summed E-state index contributed by atoms with van der Waals surface area (Å²) in [7, 11) is 0. The highest BCUT2D eigenvalue weighted by Crippen LogP contribution is 2.27. The van der Waals surface area contributed by atoms with Gasteiger partial charge in [0, 0.05) is 0 Å². The molecule has 3 rings (SSSR count). The van der Waals surface area contributed by atoms with Crippen molar-refractivity contribution in [2.75, 3.05) is 0 Å². The molecule has 2 nitrogen and oxygen atoms in total. The smallest absolute Gasteiger partial charge is 0.0865 e. The standard InChI is InChI=1S/C28H32N2/c1-5-7-11-23-14-21(3)15-24(18-23)19-27(6-2)29-30-28-17-22(4)16-26(20-28)25-12-9-8-10-13-25/h8-10,12-20H,5-7,11H2,1-4H3. The normalized spacial score (nSPS) is 11.9. The molecule has 154 valence electrons. The van der Waals surface area contributed by atoms with Crippen LogP contribution in [0, 0.1) is 13.8 Å². The SMILES string of the molecule is CCCCc1cc(C)cc(C=C(CC)N=Nc2cc(C)cc(-c3ccccc3)c2)c1. The molecule has 0 radical (unpaired) electrons. The van der Waals surface area contributed by atoms with E-state index in [0.29, 0.717) is 0 Å². The fourth-order valence-electron chi connectivity index (χ4n) is 3.64. The molecule has 0 saturated carbocycles. The lowest BCUT2D eigenvalue weighted by atomic mass is 10.0. The Kier molecular flexibility index (Phi) is 7.73. The zero-order valence-corrected chi connectivity index (χ0v) is 18.7. The Balaban J connectivity index is 1.85. The van der Waals surface area contributed by atoms with Crippen molar-refractivity contribution >= 4 is 11.8 Å². The van der Waals surface area contributed by atoms with Crippen molar-refractivity contribution in [1.82, 2.24) is 0 Å². The largest absolute Gasteiger partial charge is 0.155 e. The summed E-state index contributed by atoms with van der Waals surface area (Å²) in [6, 6.07) is 23.6. The van der Waals surface area contributed by atoms with Gasteiger partial charge in [0.25, 0.3) is 0 Å². The topological polar surface area (TPSA) is 24.7 Å². The predicted octanol–water partition coefficient (Wildman–Crippen LogP) is 8.85. The van der Waals surface area contributed by atoms with E-state index in [1.54, 1.807) is 0 Å². The van der Waals surface area contributed by atoms with E-state index in [4.69, 9.17) is 0 Å². The monoisotopic (exact) mass is 396 g/mol. The number of benzene rings is 3. The fraction of sp³-hybridized carbons (Fsp3) is 0.286. The van der Waals surface area contributed by atoms with E-state index in [-0.39, 0.29) is 0 Å². The molecular formula is C28H32N2. The fourth-order valence-corrected chi connectivity index (χ4v) is 3.64. The predicted molar refractivity (Wildman–Crippen MR) is 129 cm³/mol. The molecule has 0 fully saturated rings. The number of hydrogen-bond donors (Lipinski definition) is 0. The van der Waals surface area contributed by atoms with Gasteiger partial charge in [0.15, 0.2) is 0 Å². The minimum absolute atomic E-state index is 0.846. The Bertz CT molecular complexity index is 1030. The first-order valence-corrected chi connectivity index (χ1v) is 11.0. The lowest BCUT2D eigenvalue weighted by Crippen LogP contribution is -1.88. The quantitative estimate of drug-likeness (QED) is 0.340. The Labute approximate surface area is 181 Å². The van der Waals surface area contributed by atoms with Crippen LogP contribution in [0.15, 0.2) is 82.7 Å². The van der Waals surface area contributed by atoms with Crippen molar-refractivity contribution in [1.29, 1.82) is 0 Å². The van der Waals surface area contributed by atoms with Gasteiger partial charge in [-0.05, 0) is 79.1 Å². The van der Waals surface area contributed by atoms with Gasteiger partial charge < -0.3 is 0 Å². The number of aryl methyl sites for hydroxylation is 3. The molecule has 0 bridgehead atoms. The zero-order valence-electron chi connectivity index (χ0n) is 18.7. The van der Waals surface area contributed by atoms with Gasteiger partial charge in [0.05, 0.1) is 11.4 Å². The van der Waals surface area contributed by atoms with Crippen LogP contribution in [-0.4, -0.2) is 0 Å². The van der Waals surface area contributed by atoms with Crippen molar-refractivity contribution in [2.45, 2.75) is 53.4 Å². The number of nitrogens with zero attached hydrogens (tertiary/aromatic N) is 2. The summed E-state index contributed by atoms with van der Waals surface area (Å²) in [4.78, 5) is 0. The van der Waals surface area contributed by atoms with Crippen molar-refractivity contribution in [3.63, 3.8) is 0 Å². The molecule has 0 heterocycles. The Morgan fingerprint density at radius 2 is 1.60 bits per heavy atom. The second kappa shape index (κ2) is 10.7. The van der Waals surface area contributed by atoms with Crippen LogP contribution in [-0.2, 0) is 6.42 Å². The number of rotatable bonds is 8. The minimum Gasteiger partial charge on any atom is -0.155 e. The molecule has 0 atom stereocenters. The molecule has 0 aliphatic rings. The molecule has 0 N–H and O–H groups in total. The van der Waals surface area contributed by atoms with E-state index in [1.165, 1.54) is 46.2 Å². The van der Waals surface area contributed by atoms with Crippen LogP contribution in [0.1, 0.15) is 55.4 Å². The summed E-state index contributed by atoms with van der Waals surface area (Å²) < 4.78 is 0. The Morgan fingerprint density at radius 1 is 0.833 bits per heavy atom. The summed E-state index contributed by atoms with van der Waals surface area (Å²) in [5, 5.41) is 9.16. The molecule has 2 heteroatoms. The van der Waals surface area contributed by atoms with E-state index in [2.05, 4.69) is 105 Å². The summed E-state index contributed by atoms with van der Waals surface area (Å²) in [6.45, 7) is 8.63. The molecule has 3 aromatic rings. The van der Waals surface area contributed by atoms with Crippen molar-refractivity contribution in [3.05, 3.63) is 94.7 Å². The number of unbranched alkanes of at least 4 members (excludes halogenated alkanes) is 1. The van der Waals surface area contributed by atoms with Crippen LogP contribution in [0.4, 0.5) is 5.69 Å². The molecule has 0 amide bonds. The average molecular weight is 397 g/mol. The van der Waals surface area contributed by atoms with Crippen LogP contribution in [0.5, 0.6) is 0 Å². The van der Waals surface area contributed by atoms with E-state index in [0.717, 1.165) is 24.2 Å². The number of hydrogen-bond acceptors (Lipinski definition) is 2. The van der Waals surface area contributed by atoms with Gasteiger partial charge in [-0.25, -0.2) is 0 Å². The molecule has 0 aliphatic heterocycles. The van der Waals surface area contributed by atoms with Crippen molar-refractivity contribution < 1.29 is 0 Å². The van der Waals surface area contributed by atoms with Crippen molar-refractivity contribution in [2.24, 2.45) is 10.2 Å². The molecule has 3 aromatic carbocycles. The van der Waals surface area contributed by atoms with Gasteiger partial charge >= 0.3 is 0 Å². The van der Waals surface area contributed by atoms with Gasteiger partial charge in [0.1, 0.15) is 0 Å². The van der Waals surface area contributed by atoms with E-state index >= 15 is 0 Å². The first-order chi connectivity index (χ1) is 14.6. The van der Waals surface area contributed by atoms with E-state index < -0.39 is 0 Å². The molecular weight excluding hydrogens is 364 g/mol. The third kappa shape index (κ3) is 6.25. The first-order valence-electron chi connectivity index (χ1n) is 11.0. The maximum Gasteiger partial charge on any atom is 0.0865 e. The lowest BCUT2D eigenvalue weighted by molar-refractivity contribution is 0.794. The van der Waals surface area contributed by atoms with Gasteiger partial charge in [-0.1, -0.05) is 80.4 Å². The Morgan fingerprint density at radius 3 is 2.33 bits per heavy atom. The highest BCUT2D eigenvalue weighted by molar-refractivity contribution is 5.68. The second-order valence-electron chi connectivity index (χ2n) is 7.97. The third-order valence-electron chi connectivity index (χ3n) is 5.14. The summed E-state index contributed by atoms with van der Waals surface area (Å²) >= 11 is 0. The maximum atomic E-state index is 4.59. The molecule has 0 aromatic heterocycles. The maximum absolute atomic E-state index is 4.59. The average Bonchev–Trinajstić information content (AvgIpc) is 2.75. The van der Waals surface area contributed by atoms with Crippen LogP contribution in [0.2, 0.25) is 0 Å². The molecule has 30 heavy (non-hydrogen) atoms. The lowest BCUT2D eigenvalue weighted by Gasteiger charge is -2.06. The highest BCUT2D eigenvalue weighted by atomic mass is 15.1. The molecule has 0 unspecified atom stereocenters. The van der Waals surface area contributed by atoms with Crippen LogP contribution >= 0.6 is 0 Å². The summed E-state index contributed by atoms with van der Waals surface area (Å²) in [6.07, 6.45) is 6.59. The van der Waals surface area contributed by atoms with Crippen LogP contribution in [0.3, 0.4) is 0 Å². The first kappa shape index (κ1) is 21.7. The molecule has 0 spiro atoms. The number of azo groups is 1. The number of allylic oxidation sites excluding steroid dienone is 1. The second-order valence-corrected chi connectivity index (χ2v) is 7.97. The van der Waals surface area contributed by atoms with Crippen LogP contribution < -0.4 is 0 Å². The molecule has 0 saturated heterocycles. The summed E-state index contributed by atoms with van der Waals surface area (Å²) in [5.41, 5.74) is 9.35. The Hall–Kier alpha value is -3.00.